The fraction of sp³-hybridized carbons (Fsp3) is 1.00. The molecule has 0 aromatic heterocycles. The zero-order valence-corrected chi connectivity index (χ0v) is 13.5. The largest absolute Gasteiger partial charge is 1.00 e. The Morgan fingerprint density at radius 2 is 1.00 bits per heavy atom. The first-order valence-electron chi connectivity index (χ1n) is 5.87. The Hall–Kier alpha value is -0.403. The van der Waals surface area contributed by atoms with Crippen molar-refractivity contribution >= 4 is 10.1 Å². The zero-order chi connectivity index (χ0) is 21.6. The quantitative estimate of drug-likeness (QED) is 0.321. The Kier molecular flexibility index (Phi) is 8.31. The first-order chi connectivity index (χ1) is 11.0. The molecule has 0 aliphatic carbocycles. The molecule has 0 amide bonds. The zero-order valence-electron chi connectivity index (χ0n) is 12.7. The van der Waals surface area contributed by atoms with Crippen LogP contribution >= 0.6 is 0 Å². The van der Waals surface area contributed by atoms with Gasteiger partial charge in [-0.3, -0.25) is 0 Å². The van der Waals surface area contributed by atoms with Gasteiger partial charge in [0.05, 0.1) is 0 Å². The Balaban J connectivity index is 0. The molecule has 0 saturated heterocycles. The molecular formula is C9H6F13LiO3S. The van der Waals surface area contributed by atoms with Gasteiger partial charge >= 0.3 is 54.0 Å². The number of hydrogen-bond donors (Lipinski definition) is 0. The summed E-state index contributed by atoms with van der Waals surface area (Å²) in [6.07, 6.45) is -12.2. The van der Waals surface area contributed by atoms with Crippen molar-refractivity contribution in [3.8, 4) is 0 Å². The van der Waals surface area contributed by atoms with E-state index in [-0.39, 0.29) is 18.9 Å². The van der Waals surface area contributed by atoms with Crippen molar-refractivity contribution in [2.45, 2.75) is 54.4 Å². The van der Waals surface area contributed by atoms with E-state index in [1.54, 1.807) is 0 Å². The van der Waals surface area contributed by atoms with Crippen LogP contribution in [0.4, 0.5) is 57.1 Å². The second kappa shape index (κ2) is 7.79. The summed E-state index contributed by atoms with van der Waals surface area (Å²) in [4.78, 5) is 0. The third kappa shape index (κ3) is 5.15. The molecule has 0 unspecified atom stereocenters. The third-order valence-electron chi connectivity index (χ3n) is 2.88. The first-order valence-corrected chi connectivity index (χ1v) is 7.28. The molecule has 27 heavy (non-hydrogen) atoms. The number of rotatable bonds is 8. The maximum atomic E-state index is 13.1. The van der Waals surface area contributed by atoms with Crippen molar-refractivity contribution in [1.82, 2.24) is 0 Å². The van der Waals surface area contributed by atoms with Crippen LogP contribution < -0.4 is 18.9 Å². The molecule has 0 aliphatic rings. The first kappa shape index (κ1) is 28.8. The summed E-state index contributed by atoms with van der Waals surface area (Å²) in [5, 5.41) is -7.44. The second-order valence-corrected chi connectivity index (χ2v) is 6.29. The molecule has 0 rings (SSSR count). The minimum absolute atomic E-state index is 0. The SMILES string of the molecule is O=S(=O)([O-])C(F)(F)C(F)(F)C(F)(F)C(F)(F)C(F)(F)CCCC(F)(F)F.[Li+]. The molecule has 0 aromatic carbocycles. The van der Waals surface area contributed by atoms with Crippen molar-refractivity contribution in [2.75, 3.05) is 0 Å². The van der Waals surface area contributed by atoms with E-state index < -0.39 is 64.5 Å². The summed E-state index contributed by atoms with van der Waals surface area (Å²) < 4.78 is 195. The van der Waals surface area contributed by atoms with Crippen LogP contribution in [-0.4, -0.2) is 48.1 Å². The molecule has 158 valence electrons. The van der Waals surface area contributed by atoms with Crippen molar-refractivity contribution in [2.24, 2.45) is 0 Å². The van der Waals surface area contributed by atoms with Gasteiger partial charge in [-0.25, -0.2) is 8.42 Å². The summed E-state index contributed by atoms with van der Waals surface area (Å²) in [6, 6.07) is 0. The molecular weight excluding hydrogens is 442 g/mol. The van der Waals surface area contributed by atoms with Crippen molar-refractivity contribution < 1.29 is 88.9 Å². The molecule has 0 spiro atoms. The van der Waals surface area contributed by atoms with E-state index in [2.05, 4.69) is 0 Å². The van der Waals surface area contributed by atoms with Crippen LogP contribution in [0.3, 0.4) is 0 Å². The molecule has 0 fully saturated rings. The molecule has 0 bridgehead atoms. The molecule has 0 atom stereocenters. The molecule has 0 saturated carbocycles. The molecule has 3 nitrogen and oxygen atoms in total. The van der Waals surface area contributed by atoms with Crippen LogP contribution in [0.2, 0.25) is 0 Å². The van der Waals surface area contributed by atoms with E-state index in [0.29, 0.717) is 0 Å². The van der Waals surface area contributed by atoms with Gasteiger partial charge in [0.15, 0.2) is 10.1 Å². The van der Waals surface area contributed by atoms with Crippen molar-refractivity contribution in [1.29, 1.82) is 0 Å². The fourth-order valence-corrected chi connectivity index (χ4v) is 1.88. The molecule has 0 radical (unpaired) electrons. The van der Waals surface area contributed by atoms with Gasteiger partial charge in [0.1, 0.15) is 0 Å². The van der Waals surface area contributed by atoms with Gasteiger partial charge in [-0.15, -0.1) is 0 Å². The van der Waals surface area contributed by atoms with Gasteiger partial charge in [0.2, 0.25) is 0 Å². The average molecular weight is 448 g/mol. The summed E-state index contributed by atoms with van der Waals surface area (Å²) in [6.45, 7) is 0. The van der Waals surface area contributed by atoms with Crippen molar-refractivity contribution in [3.05, 3.63) is 0 Å². The van der Waals surface area contributed by atoms with E-state index in [0.717, 1.165) is 0 Å². The van der Waals surface area contributed by atoms with Crippen LogP contribution in [0.25, 0.3) is 0 Å². The Morgan fingerprint density at radius 1 is 0.630 bits per heavy atom. The molecule has 0 N–H and O–H groups in total. The van der Waals surface area contributed by atoms with Gasteiger partial charge in [-0.05, 0) is 6.42 Å². The third-order valence-corrected chi connectivity index (χ3v) is 3.76. The topological polar surface area (TPSA) is 57.2 Å². The Bertz CT molecular complexity index is 613. The summed E-state index contributed by atoms with van der Waals surface area (Å²) in [5.41, 5.74) is 0. The predicted molar refractivity (Wildman–Crippen MR) is 54.3 cm³/mol. The second-order valence-electron chi connectivity index (χ2n) is 4.87. The van der Waals surface area contributed by atoms with Gasteiger partial charge in [-0.1, -0.05) is 0 Å². The van der Waals surface area contributed by atoms with E-state index in [1.807, 2.05) is 0 Å². The van der Waals surface area contributed by atoms with E-state index >= 15 is 0 Å². The Labute approximate surface area is 154 Å². The van der Waals surface area contributed by atoms with Gasteiger partial charge in [0.25, 0.3) is 0 Å². The van der Waals surface area contributed by atoms with Crippen LogP contribution in [-0.2, 0) is 10.1 Å². The fourth-order valence-electron chi connectivity index (χ4n) is 1.43. The van der Waals surface area contributed by atoms with Gasteiger partial charge < -0.3 is 4.55 Å². The van der Waals surface area contributed by atoms with Crippen LogP contribution in [0, 0.1) is 0 Å². The van der Waals surface area contributed by atoms with E-state index in [4.69, 9.17) is 0 Å². The summed E-state index contributed by atoms with van der Waals surface area (Å²) in [5.74, 6) is -29.5. The number of hydrogen-bond acceptors (Lipinski definition) is 3. The van der Waals surface area contributed by atoms with E-state index in [1.165, 1.54) is 0 Å². The minimum Gasteiger partial charge on any atom is -0.743 e. The number of halogens is 13. The molecule has 0 aliphatic heterocycles. The van der Waals surface area contributed by atoms with E-state index in [9.17, 15) is 70.0 Å². The standard InChI is InChI=1S/C9H7F13O3S.Li/c10-4(11,2-1-3-5(12,13)14)6(15,16)7(17,18)8(19,20)9(21,22)26(23,24)25;/h1-3H2,(H,23,24,25);/q;+1/p-1. The average Bonchev–Trinajstić information content (AvgIpc) is 2.34. The van der Waals surface area contributed by atoms with Gasteiger partial charge in [-0.2, -0.15) is 57.1 Å². The molecule has 0 heterocycles. The smallest absolute Gasteiger partial charge is 0.743 e. The van der Waals surface area contributed by atoms with Crippen LogP contribution in [0.15, 0.2) is 0 Å². The summed E-state index contributed by atoms with van der Waals surface area (Å²) >= 11 is 0. The monoisotopic (exact) mass is 448 g/mol. The minimum atomic E-state index is -7.83. The molecule has 18 heteroatoms. The summed E-state index contributed by atoms with van der Waals surface area (Å²) in [7, 11) is -7.73. The molecule has 0 aromatic rings. The number of alkyl halides is 13. The maximum absolute atomic E-state index is 13.1. The predicted octanol–water partition coefficient (Wildman–Crippen LogP) is 1.40. The van der Waals surface area contributed by atoms with Crippen molar-refractivity contribution in [3.63, 3.8) is 0 Å². The van der Waals surface area contributed by atoms with Crippen LogP contribution in [0.1, 0.15) is 19.3 Å². The Morgan fingerprint density at radius 3 is 1.30 bits per heavy atom. The van der Waals surface area contributed by atoms with Crippen LogP contribution in [0.5, 0.6) is 0 Å². The maximum Gasteiger partial charge on any atom is 1.00 e. The van der Waals surface area contributed by atoms with Gasteiger partial charge in [0, 0.05) is 12.8 Å². The normalized spacial score (nSPS) is 15.5.